The minimum atomic E-state index is -0.333. The van der Waals surface area contributed by atoms with E-state index in [2.05, 4.69) is 21.4 Å². The van der Waals surface area contributed by atoms with Gasteiger partial charge in [0.15, 0.2) is 5.96 Å². The Hall–Kier alpha value is -2.58. The van der Waals surface area contributed by atoms with Crippen molar-refractivity contribution in [1.82, 2.24) is 9.97 Å². The summed E-state index contributed by atoms with van der Waals surface area (Å²) >= 11 is 0. The van der Waals surface area contributed by atoms with Crippen molar-refractivity contribution >= 4 is 24.3 Å². The maximum absolute atomic E-state index is 11.1. The molecule has 0 aliphatic carbocycles. The van der Waals surface area contributed by atoms with Crippen LogP contribution in [0.1, 0.15) is 11.3 Å². The number of rotatable bonds is 4. The summed E-state index contributed by atoms with van der Waals surface area (Å²) in [5, 5.41) is 6.06. The summed E-state index contributed by atoms with van der Waals surface area (Å²) < 4.78 is 5.44. The first-order chi connectivity index (χ1) is 9.97. The second kappa shape index (κ2) is 10.2. The van der Waals surface area contributed by atoms with Gasteiger partial charge < -0.3 is 21.9 Å². The fourth-order valence-corrected chi connectivity index (χ4v) is 1.45. The maximum atomic E-state index is 11.1. The highest BCUT2D eigenvalue weighted by Gasteiger charge is 1.99. The molecule has 0 aliphatic heterocycles. The predicted octanol–water partition coefficient (Wildman–Crippen LogP) is 0.329. The number of anilines is 1. The number of benzene rings is 1. The lowest BCUT2D eigenvalue weighted by atomic mass is 10.2. The van der Waals surface area contributed by atoms with E-state index >= 15 is 0 Å². The van der Waals surface area contributed by atoms with Crippen LogP contribution in [0.2, 0.25) is 0 Å². The second-order valence-electron chi connectivity index (χ2n) is 4.06. The van der Waals surface area contributed by atoms with Gasteiger partial charge in [-0.2, -0.15) is 0 Å². The Bertz CT molecular complexity index is 628. The van der Waals surface area contributed by atoms with Crippen LogP contribution in [0.25, 0.3) is 0 Å². The van der Waals surface area contributed by atoms with Crippen LogP contribution < -0.4 is 22.8 Å². The predicted molar refractivity (Wildman–Crippen MR) is 87.6 cm³/mol. The van der Waals surface area contributed by atoms with E-state index in [1.807, 2.05) is 30.3 Å². The summed E-state index contributed by atoms with van der Waals surface area (Å²) in [5.74, 6) is -0.226. The minimum Gasteiger partial charge on any atom is -0.370 e. The maximum Gasteiger partial charge on any atom is 0.252 e. The van der Waals surface area contributed by atoms with Crippen LogP contribution in [0.4, 0.5) is 5.95 Å². The van der Waals surface area contributed by atoms with Crippen LogP contribution in [0, 0.1) is 5.41 Å². The summed E-state index contributed by atoms with van der Waals surface area (Å²) in [6.07, 6.45) is 0. The van der Waals surface area contributed by atoms with Crippen LogP contribution in [-0.4, -0.2) is 15.9 Å². The van der Waals surface area contributed by atoms with E-state index in [9.17, 15) is 4.79 Å². The normalized spacial score (nSPS) is 9.09. The number of H-pyrrole nitrogens is 1. The fraction of sp³-hybridized carbons (Fsp3) is 0.154. The molecule has 120 valence electrons. The number of hydrogen-bond donors (Lipinski definition) is 5. The van der Waals surface area contributed by atoms with E-state index in [-0.39, 0.29) is 36.5 Å². The van der Waals surface area contributed by atoms with Crippen LogP contribution >= 0.6 is 12.4 Å². The third kappa shape index (κ3) is 8.56. The van der Waals surface area contributed by atoms with Gasteiger partial charge in [-0.25, -0.2) is 4.98 Å². The molecule has 0 radical (unpaired) electrons. The van der Waals surface area contributed by atoms with E-state index in [0.29, 0.717) is 12.3 Å². The molecule has 0 atom stereocenters. The van der Waals surface area contributed by atoms with Gasteiger partial charge in [-0.05, 0) is 5.56 Å². The molecule has 2 rings (SSSR count). The first-order valence-corrected chi connectivity index (χ1v) is 6.04. The van der Waals surface area contributed by atoms with Crippen LogP contribution in [-0.2, 0) is 18.0 Å². The monoisotopic (exact) mass is 326 g/mol. The number of nitrogens with zero attached hydrogens (tertiary/aromatic N) is 1. The topological polar surface area (TPSA) is 157 Å². The zero-order valence-electron chi connectivity index (χ0n) is 11.8. The lowest BCUT2D eigenvalue weighted by Crippen LogP contribution is -2.20. The third-order valence-corrected chi connectivity index (χ3v) is 2.17. The highest BCUT2D eigenvalue weighted by Crippen LogP contribution is 2.03. The molecule has 8 N–H and O–H groups in total. The average molecular weight is 327 g/mol. The zero-order valence-corrected chi connectivity index (χ0v) is 12.6. The third-order valence-electron chi connectivity index (χ3n) is 2.17. The molecule has 0 bridgehead atoms. The Morgan fingerprint density at radius 1 is 1.23 bits per heavy atom. The molecule has 0 spiro atoms. The van der Waals surface area contributed by atoms with Gasteiger partial charge in [0.25, 0.3) is 5.56 Å². The Kier molecular flexibility index (Phi) is 9.00. The molecule has 22 heavy (non-hydrogen) atoms. The number of aromatic nitrogens is 2. The van der Waals surface area contributed by atoms with Crippen molar-refractivity contribution in [2.75, 3.05) is 5.73 Å². The molecule has 1 aromatic carbocycles. The lowest BCUT2D eigenvalue weighted by molar-refractivity contribution is 0.104. The Morgan fingerprint density at radius 2 is 1.82 bits per heavy atom. The number of nitrogens with two attached hydrogens (primary N) is 3. The Balaban J connectivity index is 0.000000791. The van der Waals surface area contributed by atoms with E-state index in [4.69, 9.17) is 15.9 Å². The van der Waals surface area contributed by atoms with Crippen molar-refractivity contribution in [3.05, 3.63) is 58.0 Å². The number of ether oxygens (including phenoxy) is 1. The van der Waals surface area contributed by atoms with Crippen molar-refractivity contribution in [1.29, 1.82) is 5.41 Å². The zero-order chi connectivity index (χ0) is 15.7. The molecule has 0 unspecified atom stereocenters. The molecule has 1 heterocycles. The van der Waals surface area contributed by atoms with Gasteiger partial charge in [-0.3, -0.25) is 15.2 Å². The molecule has 0 amide bonds. The molecule has 1 aromatic heterocycles. The molecule has 8 nitrogen and oxygen atoms in total. The van der Waals surface area contributed by atoms with E-state index in [0.717, 1.165) is 5.56 Å². The number of aromatic amines is 1. The standard InChI is InChI=1S/C12H13N3O2.CH5N3.ClH/c13-12-14-10(6-11(16)15-12)8-17-7-9-4-2-1-3-5-9;2-1(3)4;/h1-6H,7-8H2,(H3,13,14,15,16);(H5,2,3,4);1H. The van der Waals surface area contributed by atoms with Gasteiger partial charge >= 0.3 is 0 Å². The van der Waals surface area contributed by atoms with Crippen molar-refractivity contribution in [2.24, 2.45) is 11.5 Å². The lowest BCUT2D eigenvalue weighted by Gasteiger charge is -2.04. The number of hydrogen-bond acceptors (Lipinski definition) is 5. The van der Waals surface area contributed by atoms with Gasteiger partial charge in [-0.1, -0.05) is 30.3 Å². The highest BCUT2D eigenvalue weighted by molar-refractivity contribution is 5.85. The summed E-state index contributed by atoms with van der Waals surface area (Å²) in [4.78, 5) is 17.4. The van der Waals surface area contributed by atoms with Crippen LogP contribution in [0.5, 0.6) is 0 Å². The smallest absolute Gasteiger partial charge is 0.252 e. The molecule has 2 aromatic rings. The molecule has 0 fully saturated rings. The number of guanidine groups is 1. The molecular formula is C13H19ClN6O2. The summed E-state index contributed by atoms with van der Waals surface area (Å²) in [7, 11) is 0. The van der Waals surface area contributed by atoms with Crippen molar-refractivity contribution < 1.29 is 4.74 Å². The first kappa shape index (κ1) is 19.4. The minimum absolute atomic E-state index is 0. The van der Waals surface area contributed by atoms with Crippen molar-refractivity contribution in [2.45, 2.75) is 13.2 Å². The molecular weight excluding hydrogens is 308 g/mol. The molecule has 0 saturated heterocycles. The quantitative estimate of drug-likeness (QED) is 0.402. The molecule has 0 aliphatic rings. The van der Waals surface area contributed by atoms with Gasteiger partial charge in [0.1, 0.15) is 0 Å². The SMILES string of the molecule is Cl.N=C(N)N.Nc1nc(COCc2ccccc2)cc(=O)[nH]1. The summed E-state index contributed by atoms with van der Waals surface area (Å²) in [6.45, 7) is 0.748. The van der Waals surface area contributed by atoms with Crippen molar-refractivity contribution in [3.63, 3.8) is 0 Å². The average Bonchev–Trinajstić information content (AvgIpc) is 2.38. The Morgan fingerprint density at radius 3 is 2.36 bits per heavy atom. The number of nitrogens with one attached hydrogen (secondary N) is 2. The molecule has 0 saturated carbocycles. The van der Waals surface area contributed by atoms with Crippen molar-refractivity contribution in [3.8, 4) is 0 Å². The summed E-state index contributed by atoms with van der Waals surface area (Å²) in [6, 6.07) is 11.2. The number of nitrogen functional groups attached to an aromatic ring is 1. The van der Waals surface area contributed by atoms with Crippen LogP contribution in [0.15, 0.2) is 41.2 Å². The fourth-order valence-electron chi connectivity index (χ4n) is 1.45. The van der Waals surface area contributed by atoms with Gasteiger partial charge in [0, 0.05) is 6.07 Å². The van der Waals surface area contributed by atoms with Gasteiger partial charge in [0.2, 0.25) is 5.95 Å². The largest absolute Gasteiger partial charge is 0.370 e. The van der Waals surface area contributed by atoms with Crippen LogP contribution in [0.3, 0.4) is 0 Å². The van der Waals surface area contributed by atoms with Gasteiger partial charge in [0.05, 0.1) is 18.9 Å². The number of halogens is 1. The van der Waals surface area contributed by atoms with Gasteiger partial charge in [-0.15, -0.1) is 12.4 Å². The Labute approximate surface area is 133 Å². The van der Waals surface area contributed by atoms with E-state index < -0.39 is 0 Å². The second-order valence-corrected chi connectivity index (χ2v) is 4.06. The van der Waals surface area contributed by atoms with E-state index in [1.54, 1.807) is 0 Å². The van der Waals surface area contributed by atoms with E-state index in [1.165, 1.54) is 6.07 Å². The first-order valence-electron chi connectivity index (χ1n) is 6.04. The highest BCUT2D eigenvalue weighted by atomic mass is 35.5. The molecule has 9 heteroatoms. The summed E-state index contributed by atoms with van der Waals surface area (Å²) in [5.41, 5.74) is 15.7.